The molecule has 2 aromatic rings. The van der Waals surface area contributed by atoms with E-state index in [0.717, 1.165) is 28.0 Å². The molecule has 0 aliphatic heterocycles. The van der Waals surface area contributed by atoms with Crippen LogP contribution in [0, 0.1) is 0 Å². The molecule has 2 aromatic carbocycles. The maximum absolute atomic E-state index is 13.0. The van der Waals surface area contributed by atoms with Crippen molar-refractivity contribution in [1.82, 2.24) is 5.32 Å². The minimum Gasteiger partial charge on any atom is -0.497 e. The number of carbonyl (C=O) groups excluding carboxylic acids is 1. The van der Waals surface area contributed by atoms with E-state index in [1.807, 2.05) is 48.5 Å². The fourth-order valence-electron chi connectivity index (χ4n) is 4.12. The van der Waals surface area contributed by atoms with Gasteiger partial charge in [0, 0.05) is 17.2 Å². The summed E-state index contributed by atoms with van der Waals surface area (Å²) in [5, 5.41) is 3.78. The van der Waals surface area contributed by atoms with Gasteiger partial charge < -0.3 is 10.1 Å². The van der Waals surface area contributed by atoms with Crippen molar-refractivity contribution in [3.63, 3.8) is 0 Å². The van der Waals surface area contributed by atoms with Crippen molar-refractivity contribution in [1.29, 1.82) is 0 Å². The quantitative estimate of drug-likeness (QED) is 0.721. The molecule has 27 heavy (non-hydrogen) atoms. The maximum atomic E-state index is 13.0. The highest BCUT2D eigenvalue weighted by atomic mass is 16.5. The first-order valence-electron chi connectivity index (χ1n) is 9.51. The van der Waals surface area contributed by atoms with Crippen molar-refractivity contribution < 1.29 is 9.53 Å². The number of benzene rings is 2. The largest absolute Gasteiger partial charge is 0.497 e. The third-order valence-corrected chi connectivity index (χ3v) is 5.54. The van der Waals surface area contributed by atoms with Crippen LogP contribution in [0.2, 0.25) is 0 Å². The second-order valence-electron chi connectivity index (χ2n) is 7.22. The van der Waals surface area contributed by atoms with Crippen LogP contribution >= 0.6 is 0 Å². The lowest BCUT2D eigenvalue weighted by molar-refractivity contribution is 0.103. The van der Waals surface area contributed by atoms with Crippen LogP contribution in [0.4, 0.5) is 0 Å². The molecule has 1 N–H and O–H groups in total. The minimum atomic E-state index is -0.0103. The molecular formula is C24H29NO2. The third kappa shape index (κ3) is 3.98. The van der Waals surface area contributed by atoms with Crippen LogP contribution in [0.1, 0.15) is 67.1 Å². The van der Waals surface area contributed by atoms with Gasteiger partial charge >= 0.3 is 0 Å². The predicted molar refractivity (Wildman–Crippen MR) is 111 cm³/mol. The second-order valence-corrected chi connectivity index (χ2v) is 7.22. The van der Waals surface area contributed by atoms with Crippen LogP contribution in [0.3, 0.4) is 0 Å². The third-order valence-electron chi connectivity index (χ3n) is 5.54. The van der Waals surface area contributed by atoms with E-state index < -0.39 is 0 Å². The van der Waals surface area contributed by atoms with Gasteiger partial charge in [-0.3, -0.25) is 4.79 Å². The van der Waals surface area contributed by atoms with Crippen molar-refractivity contribution in [2.24, 2.45) is 0 Å². The van der Waals surface area contributed by atoms with Crippen molar-refractivity contribution in [2.75, 3.05) is 7.11 Å². The van der Waals surface area contributed by atoms with Crippen molar-refractivity contribution in [2.45, 2.75) is 51.6 Å². The van der Waals surface area contributed by atoms with Gasteiger partial charge in [0.1, 0.15) is 5.75 Å². The molecule has 3 heteroatoms. The Kier molecular flexibility index (Phi) is 6.12. The number of ether oxygens (including phenoxy) is 1. The van der Waals surface area contributed by atoms with E-state index >= 15 is 0 Å². The molecule has 0 spiro atoms. The molecule has 1 unspecified atom stereocenters. The molecule has 0 aromatic heterocycles. The highest BCUT2D eigenvalue weighted by molar-refractivity contribution is 6.16. The van der Waals surface area contributed by atoms with Gasteiger partial charge in [-0.2, -0.15) is 0 Å². The molecule has 142 valence electrons. The first kappa shape index (κ1) is 19.4. The summed E-state index contributed by atoms with van der Waals surface area (Å²) in [6, 6.07) is 16.4. The molecule has 1 saturated carbocycles. The molecule has 2 aliphatic rings. The summed E-state index contributed by atoms with van der Waals surface area (Å²) in [6.45, 7) is 0. The lowest BCUT2D eigenvalue weighted by Gasteiger charge is -2.27. The van der Waals surface area contributed by atoms with E-state index in [-0.39, 0.29) is 19.3 Å². The van der Waals surface area contributed by atoms with Crippen LogP contribution in [-0.4, -0.2) is 18.9 Å². The molecule has 0 radical (unpaired) electrons. The summed E-state index contributed by atoms with van der Waals surface area (Å²) in [7, 11) is 1.66. The van der Waals surface area contributed by atoms with Crippen LogP contribution in [0.5, 0.6) is 5.75 Å². The molecule has 0 heterocycles. The molecule has 1 fully saturated rings. The fraction of sp³-hybridized carbons (Fsp3) is 0.375. The zero-order valence-electron chi connectivity index (χ0n) is 15.2. The first-order chi connectivity index (χ1) is 12.8. The molecule has 4 rings (SSSR count). The van der Waals surface area contributed by atoms with Gasteiger partial charge in [0.15, 0.2) is 5.78 Å². The SMILES string of the molecule is C.COc1ccc(/C=C2/C(=O)c3ccccc3C2NC2CCCCC2)cc1. The van der Waals surface area contributed by atoms with Crippen LogP contribution < -0.4 is 10.1 Å². The van der Waals surface area contributed by atoms with Crippen molar-refractivity contribution >= 4 is 11.9 Å². The number of carbonyl (C=O) groups is 1. The van der Waals surface area contributed by atoms with Crippen molar-refractivity contribution in [3.05, 3.63) is 70.8 Å². The number of nitrogens with one attached hydrogen (secondary N) is 1. The Hall–Kier alpha value is -2.39. The van der Waals surface area contributed by atoms with Gasteiger partial charge in [0.25, 0.3) is 0 Å². The van der Waals surface area contributed by atoms with E-state index in [1.165, 1.54) is 32.1 Å². The lowest BCUT2D eigenvalue weighted by atomic mass is 9.93. The minimum absolute atomic E-state index is 0. The molecule has 3 nitrogen and oxygen atoms in total. The zero-order valence-corrected chi connectivity index (χ0v) is 15.2. The average molecular weight is 364 g/mol. The Labute approximate surface area is 162 Å². The standard InChI is InChI=1S/C23H25NO2.CH4/c1-26-18-13-11-16(12-14-18)15-21-22(24-17-7-3-2-4-8-17)19-9-5-6-10-20(19)23(21)25;/h5-6,9-15,17,22,24H,2-4,7-8H2,1H3;1H4/b21-15+;. The highest BCUT2D eigenvalue weighted by Gasteiger charge is 2.35. The molecule has 2 aliphatic carbocycles. The summed E-state index contributed by atoms with van der Waals surface area (Å²) in [5.74, 6) is 0.967. The summed E-state index contributed by atoms with van der Waals surface area (Å²) < 4.78 is 5.23. The number of fused-ring (bicyclic) bond motifs is 1. The van der Waals surface area contributed by atoms with Gasteiger partial charge in [-0.1, -0.05) is 63.1 Å². The van der Waals surface area contributed by atoms with Gasteiger partial charge in [-0.05, 0) is 42.2 Å². The summed E-state index contributed by atoms with van der Waals surface area (Å²) >= 11 is 0. The van der Waals surface area contributed by atoms with Crippen molar-refractivity contribution in [3.8, 4) is 5.75 Å². The number of hydrogen-bond acceptors (Lipinski definition) is 3. The van der Waals surface area contributed by atoms with E-state index in [4.69, 9.17) is 4.74 Å². The Morgan fingerprint density at radius 2 is 1.70 bits per heavy atom. The Morgan fingerprint density at radius 1 is 1.00 bits per heavy atom. The monoisotopic (exact) mass is 363 g/mol. The second kappa shape index (κ2) is 8.53. The van der Waals surface area contributed by atoms with E-state index in [0.29, 0.717) is 6.04 Å². The summed E-state index contributed by atoms with van der Waals surface area (Å²) in [4.78, 5) is 13.0. The highest BCUT2D eigenvalue weighted by Crippen LogP contribution is 2.38. The smallest absolute Gasteiger partial charge is 0.191 e. The van der Waals surface area contributed by atoms with Crippen LogP contribution in [-0.2, 0) is 0 Å². The number of methoxy groups -OCH3 is 1. The Balaban J connectivity index is 0.00000210. The van der Waals surface area contributed by atoms with Crippen LogP contribution in [0.25, 0.3) is 6.08 Å². The number of ketones is 1. The summed E-state index contributed by atoms with van der Waals surface area (Å²) in [6.07, 6.45) is 8.30. The van der Waals surface area contributed by atoms with Gasteiger partial charge in [-0.15, -0.1) is 0 Å². The molecule has 1 atom stereocenters. The topological polar surface area (TPSA) is 38.3 Å². The fourth-order valence-corrected chi connectivity index (χ4v) is 4.12. The summed E-state index contributed by atoms with van der Waals surface area (Å²) in [5.41, 5.74) is 3.82. The normalized spacial score (nSPS) is 21.0. The van der Waals surface area contributed by atoms with Gasteiger partial charge in [0.05, 0.1) is 13.2 Å². The maximum Gasteiger partial charge on any atom is 0.191 e. The van der Waals surface area contributed by atoms with E-state index in [2.05, 4.69) is 11.4 Å². The number of Topliss-reactive ketones (excluding diaryl/α,β-unsaturated/α-hetero) is 1. The predicted octanol–water partition coefficient (Wildman–Crippen LogP) is 5.57. The van der Waals surface area contributed by atoms with Crippen LogP contribution in [0.15, 0.2) is 54.1 Å². The molecule has 0 saturated heterocycles. The Morgan fingerprint density at radius 3 is 2.41 bits per heavy atom. The molecule has 0 bridgehead atoms. The number of rotatable bonds is 4. The molecule has 0 amide bonds. The zero-order chi connectivity index (χ0) is 17.9. The number of hydrogen-bond donors (Lipinski definition) is 1. The van der Waals surface area contributed by atoms with E-state index in [9.17, 15) is 4.79 Å². The molecular weight excluding hydrogens is 334 g/mol. The van der Waals surface area contributed by atoms with E-state index in [1.54, 1.807) is 7.11 Å². The average Bonchev–Trinajstić information content (AvgIpc) is 2.95. The first-order valence-corrected chi connectivity index (χ1v) is 9.51. The lowest BCUT2D eigenvalue weighted by Crippen LogP contribution is -2.34. The van der Waals surface area contributed by atoms with Gasteiger partial charge in [-0.25, -0.2) is 0 Å². The van der Waals surface area contributed by atoms with Gasteiger partial charge in [0.2, 0.25) is 0 Å². The Bertz CT molecular complexity index is 817.